The molecule has 0 bridgehead atoms. The highest BCUT2D eigenvalue weighted by Gasteiger charge is 2.24. The molecule has 6 heteroatoms. The molecule has 21 heavy (non-hydrogen) atoms. The van der Waals surface area contributed by atoms with E-state index in [1.807, 2.05) is 13.8 Å². The zero-order valence-electron chi connectivity index (χ0n) is 12.6. The normalized spacial score (nSPS) is 12.7. The zero-order valence-corrected chi connectivity index (χ0v) is 12.6. The van der Waals surface area contributed by atoms with Crippen molar-refractivity contribution < 1.29 is 14.7 Å². The predicted molar refractivity (Wildman–Crippen MR) is 80.7 cm³/mol. The van der Waals surface area contributed by atoms with E-state index in [1.165, 1.54) is 6.07 Å². The standard InChI is InChI=1S/C15H24FN3O2/c1-3-15(4-2,10-20)9-18-8-11-6-5-7-12(13(11)16)14(17)19-21/h5-7,18,20-21H,3-4,8-10H2,1-2H3,(H2,17,19). The van der Waals surface area contributed by atoms with E-state index in [4.69, 9.17) is 10.9 Å². The van der Waals surface area contributed by atoms with Gasteiger partial charge in [-0.1, -0.05) is 31.1 Å². The predicted octanol–water partition coefficient (Wildman–Crippen LogP) is 1.81. The summed E-state index contributed by atoms with van der Waals surface area (Å²) in [4.78, 5) is 0. The first-order valence-corrected chi connectivity index (χ1v) is 7.10. The van der Waals surface area contributed by atoms with E-state index in [9.17, 15) is 9.50 Å². The summed E-state index contributed by atoms with van der Waals surface area (Å²) in [7, 11) is 0. The van der Waals surface area contributed by atoms with Gasteiger partial charge >= 0.3 is 0 Å². The van der Waals surface area contributed by atoms with E-state index in [0.717, 1.165) is 12.8 Å². The van der Waals surface area contributed by atoms with Gasteiger partial charge in [-0.3, -0.25) is 0 Å². The van der Waals surface area contributed by atoms with Crippen molar-refractivity contribution in [1.29, 1.82) is 0 Å². The number of nitrogens with zero attached hydrogens (tertiary/aromatic N) is 1. The number of nitrogens with two attached hydrogens (primary N) is 1. The third kappa shape index (κ3) is 4.15. The monoisotopic (exact) mass is 297 g/mol. The Kier molecular flexibility index (Phi) is 6.58. The number of nitrogens with one attached hydrogen (secondary N) is 1. The molecule has 0 amide bonds. The van der Waals surface area contributed by atoms with Gasteiger partial charge < -0.3 is 21.4 Å². The summed E-state index contributed by atoms with van der Waals surface area (Å²) in [5, 5.41) is 24.1. The van der Waals surface area contributed by atoms with Crippen LogP contribution in [0.25, 0.3) is 0 Å². The third-order valence-electron chi connectivity index (χ3n) is 4.11. The van der Waals surface area contributed by atoms with E-state index >= 15 is 0 Å². The molecule has 0 unspecified atom stereocenters. The molecule has 0 aliphatic carbocycles. The summed E-state index contributed by atoms with van der Waals surface area (Å²) in [6.45, 7) is 5.07. The fourth-order valence-corrected chi connectivity index (χ4v) is 2.21. The second-order valence-electron chi connectivity index (χ2n) is 5.23. The minimum atomic E-state index is -0.497. The van der Waals surface area contributed by atoms with E-state index in [1.54, 1.807) is 12.1 Å². The minimum Gasteiger partial charge on any atom is -0.409 e. The summed E-state index contributed by atoms with van der Waals surface area (Å²) in [5.41, 5.74) is 5.77. The molecule has 0 aliphatic heterocycles. The Hall–Kier alpha value is -1.66. The number of amidine groups is 1. The first-order valence-electron chi connectivity index (χ1n) is 7.10. The van der Waals surface area contributed by atoms with Crippen LogP contribution < -0.4 is 11.1 Å². The fraction of sp³-hybridized carbons (Fsp3) is 0.533. The Balaban J connectivity index is 2.77. The zero-order chi connectivity index (χ0) is 15.9. The Bertz CT molecular complexity index is 480. The van der Waals surface area contributed by atoms with Crippen molar-refractivity contribution in [2.24, 2.45) is 16.3 Å². The van der Waals surface area contributed by atoms with Crippen LogP contribution in [0.4, 0.5) is 4.39 Å². The van der Waals surface area contributed by atoms with Gasteiger partial charge in [0.15, 0.2) is 5.84 Å². The van der Waals surface area contributed by atoms with Crippen molar-refractivity contribution in [2.75, 3.05) is 13.2 Å². The Labute approximate surface area is 124 Å². The van der Waals surface area contributed by atoms with E-state index in [0.29, 0.717) is 18.7 Å². The van der Waals surface area contributed by atoms with Gasteiger partial charge in [0, 0.05) is 30.7 Å². The van der Waals surface area contributed by atoms with Gasteiger partial charge in [0.05, 0.1) is 5.56 Å². The lowest BCUT2D eigenvalue weighted by molar-refractivity contribution is 0.113. The highest BCUT2D eigenvalue weighted by atomic mass is 19.1. The molecule has 1 aromatic rings. The van der Waals surface area contributed by atoms with Crippen molar-refractivity contribution in [3.05, 3.63) is 35.1 Å². The Morgan fingerprint density at radius 1 is 1.38 bits per heavy atom. The molecule has 0 heterocycles. The van der Waals surface area contributed by atoms with Crippen molar-refractivity contribution in [2.45, 2.75) is 33.2 Å². The van der Waals surface area contributed by atoms with Crippen LogP contribution in [-0.2, 0) is 6.54 Å². The molecular formula is C15H24FN3O2. The summed E-state index contributed by atoms with van der Waals surface area (Å²) < 4.78 is 14.2. The van der Waals surface area contributed by atoms with Crippen molar-refractivity contribution in [1.82, 2.24) is 5.32 Å². The molecule has 1 aromatic carbocycles. The van der Waals surface area contributed by atoms with Gasteiger partial charge in [-0.2, -0.15) is 0 Å². The van der Waals surface area contributed by atoms with Crippen molar-refractivity contribution in [3.8, 4) is 0 Å². The average Bonchev–Trinajstić information content (AvgIpc) is 2.53. The van der Waals surface area contributed by atoms with Crippen LogP contribution in [0.1, 0.15) is 37.8 Å². The number of hydrogen-bond acceptors (Lipinski definition) is 4. The van der Waals surface area contributed by atoms with Gasteiger partial charge in [-0.05, 0) is 18.9 Å². The summed E-state index contributed by atoms with van der Waals surface area (Å²) in [6.07, 6.45) is 1.69. The second kappa shape index (κ2) is 7.95. The second-order valence-corrected chi connectivity index (χ2v) is 5.23. The first kappa shape index (κ1) is 17.4. The lowest BCUT2D eigenvalue weighted by Gasteiger charge is -2.29. The quantitative estimate of drug-likeness (QED) is 0.255. The molecule has 0 saturated heterocycles. The fourth-order valence-electron chi connectivity index (χ4n) is 2.21. The van der Waals surface area contributed by atoms with Gasteiger partial charge in [-0.15, -0.1) is 0 Å². The smallest absolute Gasteiger partial charge is 0.173 e. The van der Waals surface area contributed by atoms with E-state index in [2.05, 4.69) is 10.5 Å². The summed E-state index contributed by atoms with van der Waals surface area (Å²) >= 11 is 0. The van der Waals surface area contributed by atoms with Crippen molar-refractivity contribution >= 4 is 5.84 Å². The lowest BCUT2D eigenvalue weighted by atomic mass is 9.83. The maximum Gasteiger partial charge on any atom is 0.173 e. The molecular weight excluding hydrogens is 273 g/mol. The van der Waals surface area contributed by atoms with Gasteiger partial charge in [0.1, 0.15) is 5.82 Å². The number of benzene rings is 1. The molecule has 0 spiro atoms. The SMILES string of the molecule is CCC(CC)(CO)CNCc1cccc(/C(N)=N/O)c1F. The molecule has 0 fully saturated rings. The molecule has 1 rings (SSSR count). The minimum absolute atomic E-state index is 0.0798. The van der Waals surface area contributed by atoms with E-state index < -0.39 is 5.82 Å². The summed E-state index contributed by atoms with van der Waals surface area (Å²) in [6, 6.07) is 4.77. The number of oxime groups is 1. The van der Waals surface area contributed by atoms with Crippen LogP contribution in [0.15, 0.2) is 23.4 Å². The van der Waals surface area contributed by atoms with Crippen LogP contribution in [0, 0.1) is 11.2 Å². The summed E-state index contributed by atoms with van der Waals surface area (Å²) in [5.74, 6) is -0.746. The van der Waals surface area contributed by atoms with Gasteiger partial charge in [0.25, 0.3) is 0 Å². The van der Waals surface area contributed by atoms with Gasteiger partial charge in [-0.25, -0.2) is 4.39 Å². The highest BCUT2D eigenvalue weighted by molar-refractivity contribution is 5.97. The highest BCUT2D eigenvalue weighted by Crippen LogP contribution is 2.24. The maximum atomic E-state index is 14.2. The number of rotatable bonds is 8. The number of aliphatic hydroxyl groups is 1. The molecule has 0 saturated carbocycles. The Morgan fingerprint density at radius 3 is 2.57 bits per heavy atom. The van der Waals surface area contributed by atoms with Crippen LogP contribution in [0.2, 0.25) is 0 Å². The molecule has 0 radical (unpaired) electrons. The van der Waals surface area contributed by atoms with Gasteiger partial charge in [0.2, 0.25) is 0 Å². The lowest BCUT2D eigenvalue weighted by Crippen LogP contribution is -2.36. The largest absolute Gasteiger partial charge is 0.409 e. The van der Waals surface area contributed by atoms with Crippen molar-refractivity contribution in [3.63, 3.8) is 0 Å². The van der Waals surface area contributed by atoms with Crippen LogP contribution >= 0.6 is 0 Å². The molecule has 0 aliphatic rings. The molecule has 118 valence electrons. The number of aliphatic hydroxyl groups excluding tert-OH is 1. The molecule has 0 atom stereocenters. The Morgan fingerprint density at radius 2 is 2.05 bits per heavy atom. The number of halogens is 1. The number of hydrogen-bond donors (Lipinski definition) is 4. The third-order valence-corrected chi connectivity index (χ3v) is 4.11. The molecule has 5 N–H and O–H groups in total. The first-order chi connectivity index (χ1) is 10.0. The van der Waals surface area contributed by atoms with Crippen LogP contribution in [0.3, 0.4) is 0 Å². The average molecular weight is 297 g/mol. The van der Waals surface area contributed by atoms with E-state index in [-0.39, 0.29) is 23.4 Å². The molecule has 5 nitrogen and oxygen atoms in total. The van der Waals surface area contributed by atoms with Crippen LogP contribution in [0.5, 0.6) is 0 Å². The maximum absolute atomic E-state index is 14.2. The van der Waals surface area contributed by atoms with Crippen LogP contribution in [-0.4, -0.2) is 29.3 Å². The molecule has 0 aromatic heterocycles. The topological polar surface area (TPSA) is 90.9 Å².